The first kappa shape index (κ1) is 15.5. The van der Waals surface area contributed by atoms with Gasteiger partial charge in [-0.2, -0.15) is 0 Å². The van der Waals surface area contributed by atoms with E-state index < -0.39 is 0 Å². The Labute approximate surface area is 142 Å². The summed E-state index contributed by atoms with van der Waals surface area (Å²) in [6.07, 6.45) is 7.54. The quantitative estimate of drug-likeness (QED) is 0.853. The second-order valence-electron chi connectivity index (χ2n) is 6.81. The van der Waals surface area contributed by atoms with Crippen molar-refractivity contribution < 1.29 is 4.74 Å². The molecule has 2 unspecified atom stereocenters. The van der Waals surface area contributed by atoms with Crippen molar-refractivity contribution in [1.82, 2.24) is 19.9 Å². The highest BCUT2D eigenvalue weighted by molar-refractivity contribution is 5.32. The van der Waals surface area contributed by atoms with Gasteiger partial charge in [-0.15, -0.1) is 0 Å². The van der Waals surface area contributed by atoms with E-state index in [1.807, 2.05) is 24.4 Å². The molecule has 2 aromatic rings. The van der Waals surface area contributed by atoms with Crippen molar-refractivity contribution in [3.05, 3.63) is 48.5 Å². The smallest absolute Gasteiger partial charge is 0.225 e. The Morgan fingerprint density at radius 3 is 2.83 bits per heavy atom. The molecule has 2 aliphatic rings. The summed E-state index contributed by atoms with van der Waals surface area (Å²) in [6.45, 7) is 3.48. The molecule has 4 heterocycles. The molecule has 6 heteroatoms. The van der Waals surface area contributed by atoms with Gasteiger partial charge in [0.05, 0.1) is 17.9 Å². The predicted molar refractivity (Wildman–Crippen MR) is 91.7 cm³/mol. The Morgan fingerprint density at radius 2 is 2.04 bits per heavy atom. The van der Waals surface area contributed by atoms with Gasteiger partial charge in [-0.1, -0.05) is 6.07 Å². The van der Waals surface area contributed by atoms with Gasteiger partial charge in [0.15, 0.2) is 0 Å². The van der Waals surface area contributed by atoms with Crippen LogP contribution in [-0.4, -0.2) is 58.2 Å². The van der Waals surface area contributed by atoms with E-state index in [4.69, 9.17) is 4.74 Å². The van der Waals surface area contributed by atoms with Crippen LogP contribution in [0.5, 0.6) is 0 Å². The highest BCUT2D eigenvalue weighted by Crippen LogP contribution is 2.37. The summed E-state index contributed by atoms with van der Waals surface area (Å²) in [5.41, 5.74) is 1.05. The Balaban J connectivity index is 1.38. The lowest BCUT2D eigenvalue weighted by Crippen LogP contribution is -2.36. The molecule has 0 aliphatic carbocycles. The third-order valence-electron chi connectivity index (χ3n) is 5.10. The van der Waals surface area contributed by atoms with E-state index in [2.05, 4.69) is 37.9 Å². The van der Waals surface area contributed by atoms with Crippen molar-refractivity contribution >= 4 is 5.95 Å². The van der Waals surface area contributed by atoms with Crippen molar-refractivity contribution in [2.24, 2.45) is 0 Å². The maximum absolute atomic E-state index is 6.27. The zero-order valence-electron chi connectivity index (χ0n) is 14.0. The molecule has 0 bridgehead atoms. The minimum atomic E-state index is -0.0533. The molecular formula is C18H23N5O. The normalized spacial score (nSPS) is 26.6. The minimum absolute atomic E-state index is 0.0533. The number of rotatable bonds is 4. The first-order chi connectivity index (χ1) is 11.7. The van der Waals surface area contributed by atoms with Crippen LogP contribution in [0, 0.1) is 0 Å². The third kappa shape index (κ3) is 3.12. The number of likely N-dealkylation sites (N-methyl/N-ethyl adjacent to an activating group) is 1. The van der Waals surface area contributed by atoms with Crippen LogP contribution in [-0.2, 0) is 11.3 Å². The van der Waals surface area contributed by atoms with Crippen molar-refractivity contribution in [2.75, 3.05) is 31.6 Å². The first-order valence-electron chi connectivity index (χ1n) is 8.50. The maximum atomic E-state index is 6.27. The van der Waals surface area contributed by atoms with Crippen LogP contribution in [0.4, 0.5) is 5.95 Å². The Hall–Kier alpha value is -2.05. The van der Waals surface area contributed by atoms with Crippen LogP contribution in [0.3, 0.4) is 0 Å². The molecule has 0 aromatic carbocycles. The lowest BCUT2D eigenvalue weighted by Gasteiger charge is -2.25. The number of ether oxygens (including phenoxy) is 1. The zero-order chi connectivity index (χ0) is 16.4. The SMILES string of the molecule is CN(Cc1ccccn1)C1COC2(CCN(c3ncccn3)C2)C1. The van der Waals surface area contributed by atoms with Gasteiger partial charge < -0.3 is 9.64 Å². The molecule has 0 N–H and O–H groups in total. The highest BCUT2D eigenvalue weighted by Gasteiger charge is 2.47. The lowest BCUT2D eigenvalue weighted by atomic mass is 9.96. The first-order valence-corrected chi connectivity index (χ1v) is 8.50. The minimum Gasteiger partial charge on any atom is -0.371 e. The maximum Gasteiger partial charge on any atom is 0.225 e. The molecular weight excluding hydrogens is 302 g/mol. The molecule has 2 aromatic heterocycles. The standard InChI is InChI=1S/C18H23N5O/c1-22(12-15-5-2-3-7-19-15)16-11-18(24-13-16)6-10-23(14-18)17-20-8-4-9-21-17/h2-5,7-9,16H,6,10-14H2,1H3. The number of nitrogens with zero attached hydrogens (tertiary/aromatic N) is 5. The summed E-state index contributed by atoms with van der Waals surface area (Å²) in [5, 5.41) is 0. The molecule has 0 amide bonds. The van der Waals surface area contributed by atoms with Crippen LogP contribution < -0.4 is 4.90 Å². The summed E-state index contributed by atoms with van der Waals surface area (Å²) in [5.74, 6) is 0.809. The number of hydrogen-bond donors (Lipinski definition) is 0. The number of pyridine rings is 1. The van der Waals surface area contributed by atoms with Gasteiger partial charge in [-0.3, -0.25) is 9.88 Å². The average molecular weight is 325 g/mol. The molecule has 2 aliphatic heterocycles. The average Bonchev–Trinajstić information content (AvgIpc) is 3.24. The van der Waals surface area contributed by atoms with E-state index in [1.54, 1.807) is 12.4 Å². The monoisotopic (exact) mass is 325 g/mol. The van der Waals surface area contributed by atoms with Crippen molar-refractivity contribution in [2.45, 2.75) is 31.0 Å². The molecule has 24 heavy (non-hydrogen) atoms. The van der Waals surface area contributed by atoms with E-state index >= 15 is 0 Å². The van der Waals surface area contributed by atoms with Gasteiger partial charge in [0.2, 0.25) is 5.95 Å². The van der Waals surface area contributed by atoms with Crippen LogP contribution in [0.2, 0.25) is 0 Å². The van der Waals surface area contributed by atoms with Crippen molar-refractivity contribution in [3.8, 4) is 0 Å². The lowest BCUT2D eigenvalue weighted by molar-refractivity contribution is 0.0205. The number of aromatic nitrogens is 3. The summed E-state index contributed by atoms with van der Waals surface area (Å²) in [4.78, 5) is 17.8. The second kappa shape index (κ2) is 6.45. The van der Waals surface area contributed by atoms with Gasteiger partial charge in [0.25, 0.3) is 0 Å². The Bertz CT molecular complexity index is 668. The number of anilines is 1. The molecule has 126 valence electrons. The van der Waals surface area contributed by atoms with E-state index in [0.717, 1.165) is 50.7 Å². The molecule has 0 radical (unpaired) electrons. The second-order valence-corrected chi connectivity index (χ2v) is 6.81. The molecule has 0 saturated carbocycles. The fourth-order valence-corrected chi connectivity index (χ4v) is 3.73. The Morgan fingerprint density at radius 1 is 1.21 bits per heavy atom. The van der Waals surface area contributed by atoms with Gasteiger partial charge in [-0.05, 0) is 38.1 Å². The third-order valence-corrected chi connectivity index (χ3v) is 5.10. The van der Waals surface area contributed by atoms with Crippen LogP contribution in [0.1, 0.15) is 18.5 Å². The molecule has 6 nitrogen and oxygen atoms in total. The fourth-order valence-electron chi connectivity index (χ4n) is 3.73. The topological polar surface area (TPSA) is 54.4 Å². The molecule has 2 atom stereocenters. The van der Waals surface area contributed by atoms with E-state index in [9.17, 15) is 0 Å². The summed E-state index contributed by atoms with van der Waals surface area (Å²) in [6, 6.07) is 8.35. The van der Waals surface area contributed by atoms with Crippen LogP contribution >= 0.6 is 0 Å². The predicted octanol–water partition coefficient (Wildman–Crippen LogP) is 1.74. The van der Waals surface area contributed by atoms with E-state index in [-0.39, 0.29) is 5.60 Å². The summed E-state index contributed by atoms with van der Waals surface area (Å²) < 4.78 is 6.27. The highest BCUT2D eigenvalue weighted by atomic mass is 16.5. The number of hydrogen-bond acceptors (Lipinski definition) is 6. The largest absolute Gasteiger partial charge is 0.371 e. The summed E-state index contributed by atoms with van der Waals surface area (Å²) in [7, 11) is 2.16. The zero-order valence-corrected chi connectivity index (χ0v) is 14.0. The Kier molecular flexibility index (Phi) is 4.16. The molecule has 1 spiro atoms. The van der Waals surface area contributed by atoms with Gasteiger partial charge in [-0.25, -0.2) is 9.97 Å². The van der Waals surface area contributed by atoms with Crippen LogP contribution in [0.25, 0.3) is 0 Å². The molecule has 4 rings (SSSR count). The summed E-state index contributed by atoms with van der Waals surface area (Å²) >= 11 is 0. The molecule has 2 fully saturated rings. The van der Waals surface area contributed by atoms with Gasteiger partial charge >= 0.3 is 0 Å². The van der Waals surface area contributed by atoms with Crippen molar-refractivity contribution in [3.63, 3.8) is 0 Å². The van der Waals surface area contributed by atoms with Gasteiger partial charge in [0, 0.05) is 44.3 Å². The molecule has 2 saturated heterocycles. The van der Waals surface area contributed by atoms with E-state index in [1.165, 1.54) is 0 Å². The van der Waals surface area contributed by atoms with Crippen molar-refractivity contribution in [1.29, 1.82) is 0 Å². The fraction of sp³-hybridized carbons (Fsp3) is 0.500. The van der Waals surface area contributed by atoms with E-state index in [0.29, 0.717) is 6.04 Å². The van der Waals surface area contributed by atoms with Crippen LogP contribution in [0.15, 0.2) is 42.9 Å². The van der Waals surface area contributed by atoms with Gasteiger partial charge in [0.1, 0.15) is 0 Å².